The maximum Gasteiger partial charge on any atom is 0.130 e. The Kier molecular flexibility index (Phi) is 4.20. The van der Waals surface area contributed by atoms with Crippen molar-refractivity contribution in [2.45, 2.75) is 25.9 Å². The molecule has 1 aliphatic carbocycles. The smallest absolute Gasteiger partial charge is 0.130 e. The number of hydrogen-bond donors (Lipinski definition) is 1. The van der Waals surface area contributed by atoms with Crippen LogP contribution in [0, 0.1) is 0 Å². The lowest BCUT2D eigenvalue weighted by Crippen LogP contribution is -2.12. The number of pyridine rings is 1. The molecule has 0 fully saturated rings. The van der Waals surface area contributed by atoms with Gasteiger partial charge in [-0.1, -0.05) is 11.2 Å². The molecule has 0 bridgehead atoms. The van der Waals surface area contributed by atoms with Crippen molar-refractivity contribution in [1.29, 1.82) is 0 Å². The molecule has 0 radical (unpaired) electrons. The fourth-order valence-electron chi connectivity index (χ4n) is 2.47. The predicted molar refractivity (Wildman–Crippen MR) is 84.0 cm³/mol. The number of benzene rings is 1. The van der Waals surface area contributed by atoms with Gasteiger partial charge in [0.1, 0.15) is 12.4 Å². The van der Waals surface area contributed by atoms with E-state index in [1.807, 2.05) is 30.3 Å². The Hall–Kier alpha value is -1.88. The summed E-state index contributed by atoms with van der Waals surface area (Å²) in [5.41, 5.74) is 3.81. The van der Waals surface area contributed by atoms with Gasteiger partial charge in [-0.25, -0.2) is 0 Å². The molecule has 0 amide bonds. The molecule has 4 nitrogen and oxygen atoms in total. The molecule has 3 rings (SSSR count). The zero-order valence-electron chi connectivity index (χ0n) is 11.4. The molecule has 5 heteroatoms. The lowest BCUT2D eigenvalue weighted by molar-refractivity contribution is 0.301. The lowest BCUT2D eigenvalue weighted by atomic mass is 9.90. The molecule has 2 aromatic rings. The summed E-state index contributed by atoms with van der Waals surface area (Å²) in [6, 6.07) is 9.81. The first-order valence-corrected chi connectivity index (χ1v) is 7.63. The average molecular weight is 347 g/mol. The maximum absolute atomic E-state index is 9.10. The highest BCUT2D eigenvalue weighted by molar-refractivity contribution is 9.10. The molecule has 1 aliphatic rings. The van der Waals surface area contributed by atoms with E-state index in [-0.39, 0.29) is 0 Å². The first-order chi connectivity index (χ1) is 10.3. The number of oxime groups is 1. The summed E-state index contributed by atoms with van der Waals surface area (Å²) in [7, 11) is 0. The topological polar surface area (TPSA) is 54.7 Å². The zero-order chi connectivity index (χ0) is 14.7. The largest absolute Gasteiger partial charge is 0.487 e. The van der Waals surface area contributed by atoms with Crippen molar-refractivity contribution in [2.24, 2.45) is 5.16 Å². The summed E-state index contributed by atoms with van der Waals surface area (Å²) in [4.78, 5) is 4.28. The van der Waals surface area contributed by atoms with E-state index < -0.39 is 0 Å². The number of ether oxygens (including phenoxy) is 1. The molecule has 0 saturated heterocycles. The van der Waals surface area contributed by atoms with Gasteiger partial charge in [-0.2, -0.15) is 0 Å². The number of rotatable bonds is 3. The van der Waals surface area contributed by atoms with Crippen LogP contribution in [0.4, 0.5) is 0 Å². The number of halogens is 1. The molecule has 0 aliphatic heterocycles. The van der Waals surface area contributed by atoms with E-state index in [9.17, 15) is 0 Å². The third kappa shape index (κ3) is 3.24. The second kappa shape index (κ2) is 6.26. The lowest BCUT2D eigenvalue weighted by Gasteiger charge is -2.17. The van der Waals surface area contributed by atoms with Crippen LogP contribution in [0.1, 0.15) is 29.7 Å². The third-order valence-electron chi connectivity index (χ3n) is 3.55. The molecule has 1 aromatic carbocycles. The minimum atomic E-state index is 0.414. The monoisotopic (exact) mass is 346 g/mol. The van der Waals surface area contributed by atoms with E-state index in [4.69, 9.17) is 9.94 Å². The van der Waals surface area contributed by atoms with Crippen LogP contribution < -0.4 is 4.74 Å². The summed E-state index contributed by atoms with van der Waals surface area (Å²) in [5, 5.41) is 12.5. The summed E-state index contributed by atoms with van der Waals surface area (Å²) in [6.07, 6.45) is 4.60. The van der Waals surface area contributed by atoms with Gasteiger partial charge in [-0.3, -0.25) is 4.98 Å². The Bertz CT molecular complexity index is 668. The maximum atomic E-state index is 9.10. The number of aromatic nitrogens is 1. The van der Waals surface area contributed by atoms with Gasteiger partial charge in [0.15, 0.2) is 0 Å². The quantitative estimate of drug-likeness (QED) is 0.676. The summed E-state index contributed by atoms with van der Waals surface area (Å²) in [6.45, 7) is 0.414. The first kappa shape index (κ1) is 14.1. The van der Waals surface area contributed by atoms with Crippen LogP contribution in [0.5, 0.6) is 5.75 Å². The molecule has 1 heterocycles. The highest BCUT2D eigenvalue weighted by Gasteiger charge is 2.16. The molecule has 0 unspecified atom stereocenters. The van der Waals surface area contributed by atoms with Crippen molar-refractivity contribution in [3.8, 4) is 5.75 Å². The molecule has 0 spiro atoms. The van der Waals surface area contributed by atoms with Crippen molar-refractivity contribution in [2.75, 3.05) is 0 Å². The van der Waals surface area contributed by atoms with E-state index in [0.29, 0.717) is 6.61 Å². The fourth-order valence-corrected chi connectivity index (χ4v) is 2.70. The van der Waals surface area contributed by atoms with E-state index in [1.54, 1.807) is 6.20 Å². The summed E-state index contributed by atoms with van der Waals surface area (Å²) >= 11 is 3.36. The number of aryl methyl sites for hydroxylation is 1. The van der Waals surface area contributed by atoms with Gasteiger partial charge >= 0.3 is 0 Å². The van der Waals surface area contributed by atoms with Gasteiger partial charge in [0, 0.05) is 16.2 Å². The first-order valence-electron chi connectivity index (χ1n) is 6.84. The highest BCUT2D eigenvalue weighted by atomic mass is 79.9. The Morgan fingerprint density at radius 2 is 2.14 bits per heavy atom. The van der Waals surface area contributed by atoms with Crippen LogP contribution in [0.3, 0.4) is 0 Å². The summed E-state index contributed by atoms with van der Waals surface area (Å²) in [5.74, 6) is 0.765. The summed E-state index contributed by atoms with van der Waals surface area (Å²) < 4.78 is 6.72. The predicted octanol–water partition coefficient (Wildman–Crippen LogP) is 3.94. The second-order valence-electron chi connectivity index (χ2n) is 4.98. The number of nitrogens with zero attached hydrogens (tertiary/aromatic N) is 2. The standard InChI is InChI=1S/C16H15BrN2O2/c17-12-5-6-13(18-9-12)10-21-14-7-4-11-2-1-3-16(19-20)15(11)8-14/h4-9,20H,1-3,10H2/b19-16-. The SMILES string of the molecule is O/N=C1/CCCc2ccc(OCc3ccc(Br)cn3)cc21. The average Bonchev–Trinajstić information content (AvgIpc) is 2.53. The van der Waals surface area contributed by atoms with Crippen molar-refractivity contribution in [1.82, 2.24) is 4.98 Å². The van der Waals surface area contributed by atoms with Gasteiger partial charge < -0.3 is 9.94 Å². The van der Waals surface area contributed by atoms with Gasteiger partial charge in [-0.15, -0.1) is 0 Å². The van der Waals surface area contributed by atoms with E-state index in [2.05, 4.69) is 26.1 Å². The third-order valence-corrected chi connectivity index (χ3v) is 4.02. The van der Waals surface area contributed by atoms with Crippen LogP contribution in [0.25, 0.3) is 0 Å². The molecule has 0 atom stereocenters. The normalized spacial score (nSPS) is 15.8. The van der Waals surface area contributed by atoms with E-state index >= 15 is 0 Å². The van der Waals surface area contributed by atoms with Crippen molar-refractivity contribution in [3.63, 3.8) is 0 Å². The van der Waals surface area contributed by atoms with E-state index in [1.165, 1.54) is 5.56 Å². The van der Waals surface area contributed by atoms with Crippen LogP contribution in [-0.4, -0.2) is 15.9 Å². The molecule has 1 N–H and O–H groups in total. The van der Waals surface area contributed by atoms with E-state index in [0.717, 1.165) is 46.5 Å². The van der Waals surface area contributed by atoms with Crippen molar-refractivity contribution < 1.29 is 9.94 Å². The number of hydrogen-bond acceptors (Lipinski definition) is 4. The van der Waals surface area contributed by atoms with Gasteiger partial charge in [-0.05, 0) is 65.0 Å². The molecule has 108 valence electrons. The molecule has 0 saturated carbocycles. The number of fused-ring (bicyclic) bond motifs is 1. The second-order valence-corrected chi connectivity index (χ2v) is 5.89. The Labute approximate surface area is 131 Å². The minimum Gasteiger partial charge on any atom is -0.487 e. The zero-order valence-corrected chi connectivity index (χ0v) is 13.0. The van der Waals surface area contributed by atoms with Crippen molar-refractivity contribution in [3.05, 3.63) is 57.8 Å². The van der Waals surface area contributed by atoms with Gasteiger partial charge in [0.2, 0.25) is 0 Å². The molecular formula is C16H15BrN2O2. The van der Waals surface area contributed by atoms with Crippen LogP contribution >= 0.6 is 15.9 Å². The Morgan fingerprint density at radius 1 is 1.24 bits per heavy atom. The molecular weight excluding hydrogens is 332 g/mol. The van der Waals surface area contributed by atoms with Crippen LogP contribution in [0.15, 0.2) is 46.2 Å². The molecule has 1 aromatic heterocycles. The minimum absolute atomic E-state index is 0.414. The fraction of sp³-hybridized carbons (Fsp3) is 0.250. The van der Waals surface area contributed by atoms with Crippen LogP contribution in [-0.2, 0) is 13.0 Å². The van der Waals surface area contributed by atoms with Gasteiger partial charge in [0.05, 0.1) is 11.4 Å². The highest BCUT2D eigenvalue weighted by Crippen LogP contribution is 2.26. The Morgan fingerprint density at radius 3 is 2.90 bits per heavy atom. The van der Waals surface area contributed by atoms with Crippen molar-refractivity contribution >= 4 is 21.6 Å². The van der Waals surface area contributed by atoms with Crippen LogP contribution in [0.2, 0.25) is 0 Å². The van der Waals surface area contributed by atoms with Gasteiger partial charge in [0.25, 0.3) is 0 Å². The Balaban J connectivity index is 1.76. The molecule has 21 heavy (non-hydrogen) atoms.